The summed E-state index contributed by atoms with van der Waals surface area (Å²) in [5.74, 6) is 0.529. The first-order valence-corrected chi connectivity index (χ1v) is 7.77. The van der Waals surface area contributed by atoms with Crippen LogP contribution in [-0.4, -0.2) is 52.7 Å². The van der Waals surface area contributed by atoms with Gasteiger partial charge in [-0.25, -0.2) is 4.68 Å². The number of anilines is 1. The van der Waals surface area contributed by atoms with E-state index in [0.29, 0.717) is 5.82 Å². The van der Waals surface area contributed by atoms with Gasteiger partial charge in [-0.2, -0.15) is 0 Å². The van der Waals surface area contributed by atoms with Crippen molar-refractivity contribution < 1.29 is 4.74 Å². The van der Waals surface area contributed by atoms with Gasteiger partial charge in [0.15, 0.2) is 5.82 Å². The van der Waals surface area contributed by atoms with Crippen molar-refractivity contribution in [1.82, 2.24) is 19.9 Å². The summed E-state index contributed by atoms with van der Waals surface area (Å²) in [5.41, 5.74) is 5.89. The van der Waals surface area contributed by atoms with Crippen LogP contribution in [0.3, 0.4) is 0 Å². The molecular weight excluding hydrogens is 290 g/mol. The van der Waals surface area contributed by atoms with Gasteiger partial charge >= 0.3 is 0 Å². The lowest BCUT2D eigenvalue weighted by atomic mass is 9.79. The lowest BCUT2D eigenvalue weighted by Crippen LogP contribution is -2.43. The van der Waals surface area contributed by atoms with Crippen LogP contribution in [0.2, 0.25) is 0 Å². The molecule has 3 rings (SSSR count). The van der Waals surface area contributed by atoms with E-state index in [0.717, 1.165) is 39.3 Å². The fourth-order valence-corrected chi connectivity index (χ4v) is 3.50. The van der Waals surface area contributed by atoms with E-state index in [9.17, 15) is 0 Å². The molecule has 1 saturated heterocycles. The number of nitrogens with zero attached hydrogens (tertiary/aromatic N) is 4. The van der Waals surface area contributed by atoms with Crippen LogP contribution in [0.25, 0.3) is 0 Å². The van der Waals surface area contributed by atoms with Crippen molar-refractivity contribution in [2.24, 2.45) is 0 Å². The Labute approximate surface area is 132 Å². The molecule has 2 N–H and O–H groups in total. The highest BCUT2D eigenvalue weighted by Crippen LogP contribution is 2.37. The average molecular weight is 316 g/mol. The predicted octanol–water partition coefficient (Wildman–Crippen LogP) is 1.66. The van der Waals surface area contributed by atoms with E-state index >= 15 is 0 Å². The smallest absolute Gasteiger partial charge is 0.165 e. The summed E-state index contributed by atoms with van der Waals surface area (Å²) < 4.78 is 7.46. The molecule has 1 saturated carbocycles. The van der Waals surface area contributed by atoms with Crippen molar-refractivity contribution in [1.29, 1.82) is 0 Å². The van der Waals surface area contributed by atoms with Gasteiger partial charge in [0, 0.05) is 19.6 Å². The number of hydrogen-bond donors (Lipinski definition) is 1. The minimum Gasteiger partial charge on any atom is -0.381 e. The van der Waals surface area contributed by atoms with Gasteiger partial charge in [-0.05, 0) is 19.3 Å². The van der Waals surface area contributed by atoms with Crippen LogP contribution in [0.5, 0.6) is 0 Å². The third-order valence-electron chi connectivity index (χ3n) is 4.78. The zero-order chi connectivity index (χ0) is 13.8. The van der Waals surface area contributed by atoms with Crippen LogP contribution in [0.15, 0.2) is 6.20 Å². The van der Waals surface area contributed by atoms with E-state index in [1.54, 1.807) is 0 Å². The topological polar surface area (TPSA) is 69.2 Å². The lowest BCUT2D eigenvalue weighted by molar-refractivity contribution is 0.0273. The van der Waals surface area contributed by atoms with Gasteiger partial charge in [0.05, 0.1) is 24.9 Å². The standard InChI is InChI=1S/C14H25N5O.ClH/c15-13-12-19(17-16-13)14(4-2-1-3-5-14)6-7-18-8-10-20-11-9-18;/h12H,1-11,15H2;1H. The Morgan fingerprint density at radius 3 is 2.52 bits per heavy atom. The molecule has 120 valence electrons. The number of ether oxygens (including phenoxy) is 1. The van der Waals surface area contributed by atoms with Crippen molar-refractivity contribution in [3.63, 3.8) is 0 Å². The molecule has 0 spiro atoms. The Hall–Kier alpha value is -0.850. The van der Waals surface area contributed by atoms with E-state index in [1.807, 2.05) is 10.9 Å². The van der Waals surface area contributed by atoms with Gasteiger partial charge in [-0.15, -0.1) is 17.5 Å². The second-order valence-electron chi connectivity index (χ2n) is 6.08. The summed E-state index contributed by atoms with van der Waals surface area (Å²) in [6.45, 7) is 4.95. The van der Waals surface area contributed by atoms with E-state index in [1.165, 1.54) is 32.1 Å². The second-order valence-corrected chi connectivity index (χ2v) is 6.08. The monoisotopic (exact) mass is 315 g/mol. The fraction of sp³-hybridized carbons (Fsp3) is 0.857. The van der Waals surface area contributed by atoms with Crippen LogP contribution in [0.1, 0.15) is 38.5 Å². The number of aromatic nitrogens is 3. The molecule has 21 heavy (non-hydrogen) atoms. The molecular formula is C14H26ClN5O. The van der Waals surface area contributed by atoms with E-state index in [2.05, 4.69) is 15.2 Å². The number of hydrogen-bond acceptors (Lipinski definition) is 5. The molecule has 1 aromatic rings. The highest BCUT2D eigenvalue weighted by atomic mass is 35.5. The molecule has 1 aromatic heterocycles. The maximum atomic E-state index is 5.76. The molecule has 0 unspecified atom stereocenters. The van der Waals surface area contributed by atoms with E-state index < -0.39 is 0 Å². The molecule has 1 aliphatic heterocycles. The molecule has 0 bridgehead atoms. The summed E-state index contributed by atoms with van der Waals surface area (Å²) in [6, 6.07) is 0. The summed E-state index contributed by atoms with van der Waals surface area (Å²) in [6.07, 6.45) is 9.33. The highest BCUT2D eigenvalue weighted by Gasteiger charge is 2.35. The first-order valence-electron chi connectivity index (χ1n) is 7.77. The SMILES string of the molecule is Cl.Nc1cn(C2(CCN3CCOCC3)CCCCC2)nn1. The normalized spacial score (nSPS) is 22.7. The molecule has 0 amide bonds. The summed E-state index contributed by atoms with van der Waals surface area (Å²) >= 11 is 0. The van der Waals surface area contributed by atoms with Crippen LogP contribution < -0.4 is 5.73 Å². The van der Waals surface area contributed by atoms with Crippen LogP contribution in [0, 0.1) is 0 Å². The molecule has 6 nitrogen and oxygen atoms in total. The molecule has 2 aliphatic rings. The van der Waals surface area contributed by atoms with E-state index in [-0.39, 0.29) is 17.9 Å². The number of rotatable bonds is 4. The van der Waals surface area contributed by atoms with Crippen molar-refractivity contribution in [2.45, 2.75) is 44.1 Å². The zero-order valence-electron chi connectivity index (χ0n) is 12.5. The molecule has 0 radical (unpaired) electrons. The fourth-order valence-electron chi connectivity index (χ4n) is 3.50. The van der Waals surface area contributed by atoms with Gasteiger partial charge in [-0.1, -0.05) is 24.5 Å². The van der Waals surface area contributed by atoms with E-state index in [4.69, 9.17) is 10.5 Å². The first-order chi connectivity index (χ1) is 9.78. The van der Waals surface area contributed by atoms with Gasteiger partial charge in [0.1, 0.15) is 0 Å². The average Bonchev–Trinajstić information content (AvgIpc) is 2.94. The summed E-state index contributed by atoms with van der Waals surface area (Å²) in [4.78, 5) is 2.50. The number of morpholine rings is 1. The first kappa shape index (κ1) is 16.5. The van der Waals surface area contributed by atoms with Crippen LogP contribution in [0.4, 0.5) is 5.82 Å². The summed E-state index contributed by atoms with van der Waals surface area (Å²) in [7, 11) is 0. The van der Waals surface area contributed by atoms with Crippen molar-refractivity contribution in [3.8, 4) is 0 Å². The Morgan fingerprint density at radius 1 is 1.19 bits per heavy atom. The van der Waals surface area contributed by atoms with Crippen molar-refractivity contribution >= 4 is 18.2 Å². The number of nitrogens with two attached hydrogens (primary N) is 1. The van der Waals surface area contributed by atoms with Crippen molar-refractivity contribution in [2.75, 3.05) is 38.6 Å². The quantitative estimate of drug-likeness (QED) is 0.915. The number of halogens is 1. The Bertz CT molecular complexity index is 427. The Kier molecular flexibility index (Phi) is 5.84. The maximum absolute atomic E-state index is 5.76. The van der Waals surface area contributed by atoms with Gasteiger partial charge in [0.25, 0.3) is 0 Å². The maximum Gasteiger partial charge on any atom is 0.165 e. The highest BCUT2D eigenvalue weighted by molar-refractivity contribution is 5.85. The van der Waals surface area contributed by atoms with Gasteiger partial charge < -0.3 is 10.5 Å². The molecule has 2 fully saturated rings. The Balaban J connectivity index is 0.00000161. The second kappa shape index (κ2) is 7.42. The largest absolute Gasteiger partial charge is 0.381 e. The molecule has 0 atom stereocenters. The number of nitrogen functional groups attached to an aromatic ring is 1. The summed E-state index contributed by atoms with van der Waals surface area (Å²) in [5, 5.41) is 8.26. The van der Waals surface area contributed by atoms with Crippen molar-refractivity contribution in [3.05, 3.63) is 6.20 Å². The lowest BCUT2D eigenvalue weighted by Gasteiger charge is -2.39. The molecule has 0 aromatic carbocycles. The van der Waals surface area contributed by atoms with Gasteiger partial charge in [0.2, 0.25) is 0 Å². The Morgan fingerprint density at radius 2 is 1.90 bits per heavy atom. The molecule has 1 aliphatic carbocycles. The van der Waals surface area contributed by atoms with Gasteiger partial charge in [-0.3, -0.25) is 4.90 Å². The third-order valence-corrected chi connectivity index (χ3v) is 4.78. The molecule has 2 heterocycles. The van der Waals surface area contributed by atoms with Crippen LogP contribution in [-0.2, 0) is 10.3 Å². The molecule has 7 heteroatoms. The zero-order valence-corrected chi connectivity index (χ0v) is 13.4. The third kappa shape index (κ3) is 3.87. The van der Waals surface area contributed by atoms with Crippen LogP contribution >= 0.6 is 12.4 Å². The minimum atomic E-state index is 0. The predicted molar refractivity (Wildman–Crippen MR) is 84.6 cm³/mol. The minimum absolute atomic E-state index is 0.